The number of rotatable bonds is 5. The molecular weight excluding hydrogens is 280 g/mol. The number of nitrogens with one attached hydrogen (secondary N) is 1. The Morgan fingerprint density at radius 1 is 1.33 bits per heavy atom. The summed E-state index contributed by atoms with van der Waals surface area (Å²) in [4.78, 5) is 33.2. The number of hydrazine groups is 1. The molecule has 0 fully saturated rings. The number of carbonyl (C=O) groups excluding carboxylic acids is 1. The average Bonchev–Trinajstić information content (AvgIpc) is 2.43. The second-order valence-electron chi connectivity index (χ2n) is 4.18. The second kappa shape index (κ2) is 6.06. The third-order valence-electron chi connectivity index (χ3n) is 2.67. The molecule has 0 radical (unpaired) electrons. The molecule has 0 spiro atoms. The van der Waals surface area contributed by atoms with E-state index in [1.165, 1.54) is 12.1 Å². The molecule has 1 aromatic carbocycles. The van der Waals surface area contributed by atoms with Gasteiger partial charge in [-0.2, -0.15) is 0 Å². The van der Waals surface area contributed by atoms with E-state index in [1.807, 2.05) is 5.43 Å². The van der Waals surface area contributed by atoms with E-state index < -0.39 is 17.5 Å². The second-order valence-corrected chi connectivity index (χ2v) is 4.18. The van der Waals surface area contributed by atoms with Gasteiger partial charge in [0.2, 0.25) is 0 Å². The van der Waals surface area contributed by atoms with Crippen LogP contribution in [0.5, 0.6) is 5.75 Å². The van der Waals surface area contributed by atoms with E-state index in [1.54, 1.807) is 6.07 Å². The summed E-state index contributed by atoms with van der Waals surface area (Å²) < 4.78 is 10.2. The SMILES string of the molecule is NNC(=O)COc1ccc2c(CC(=O)O)cc(=O)oc2c1. The van der Waals surface area contributed by atoms with E-state index in [9.17, 15) is 14.4 Å². The zero-order chi connectivity index (χ0) is 15.4. The number of fused-ring (bicyclic) bond motifs is 1. The Bertz CT molecular complexity index is 752. The molecule has 0 atom stereocenters. The van der Waals surface area contributed by atoms with E-state index in [0.29, 0.717) is 16.7 Å². The topological polar surface area (TPSA) is 132 Å². The average molecular weight is 292 g/mol. The molecule has 1 aromatic heterocycles. The Balaban J connectivity index is 2.37. The van der Waals surface area contributed by atoms with Crippen molar-refractivity contribution in [3.8, 4) is 5.75 Å². The lowest BCUT2D eigenvalue weighted by Gasteiger charge is -2.07. The van der Waals surface area contributed by atoms with Crippen molar-refractivity contribution >= 4 is 22.8 Å². The maximum Gasteiger partial charge on any atom is 0.336 e. The first-order chi connectivity index (χ1) is 9.99. The van der Waals surface area contributed by atoms with Gasteiger partial charge in [-0.15, -0.1) is 0 Å². The van der Waals surface area contributed by atoms with E-state index >= 15 is 0 Å². The van der Waals surface area contributed by atoms with Gasteiger partial charge in [0.25, 0.3) is 5.91 Å². The van der Waals surface area contributed by atoms with Gasteiger partial charge in [0.05, 0.1) is 6.42 Å². The first-order valence-corrected chi connectivity index (χ1v) is 5.90. The van der Waals surface area contributed by atoms with Crippen molar-refractivity contribution in [3.63, 3.8) is 0 Å². The van der Waals surface area contributed by atoms with E-state index in [-0.39, 0.29) is 18.6 Å². The number of carbonyl (C=O) groups is 2. The Morgan fingerprint density at radius 3 is 2.76 bits per heavy atom. The molecule has 0 aliphatic rings. The predicted molar refractivity (Wildman–Crippen MR) is 71.6 cm³/mol. The fourth-order valence-corrected chi connectivity index (χ4v) is 1.80. The van der Waals surface area contributed by atoms with Gasteiger partial charge in [0, 0.05) is 17.5 Å². The van der Waals surface area contributed by atoms with Crippen molar-refractivity contribution in [3.05, 3.63) is 40.2 Å². The summed E-state index contributed by atoms with van der Waals surface area (Å²) in [7, 11) is 0. The summed E-state index contributed by atoms with van der Waals surface area (Å²) in [6, 6.07) is 5.65. The monoisotopic (exact) mass is 292 g/mol. The highest BCUT2D eigenvalue weighted by Crippen LogP contribution is 2.23. The van der Waals surface area contributed by atoms with Crippen LogP contribution >= 0.6 is 0 Å². The molecule has 8 heteroatoms. The van der Waals surface area contributed by atoms with Gasteiger partial charge in [-0.3, -0.25) is 15.0 Å². The van der Waals surface area contributed by atoms with Crippen molar-refractivity contribution in [1.82, 2.24) is 5.43 Å². The van der Waals surface area contributed by atoms with Gasteiger partial charge in [0.15, 0.2) is 6.61 Å². The summed E-state index contributed by atoms with van der Waals surface area (Å²) in [5, 5.41) is 9.32. The van der Waals surface area contributed by atoms with Crippen LogP contribution in [0.15, 0.2) is 33.5 Å². The molecule has 1 amide bonds. The lowest BCUT2D eigenvalue weighted by molar-refractivity contribution is -0.136. The quantitative estimate of drug-likeness (QED) is 0.300. The minimum absolute atomic E-state index is 0.185. The minimum Gasteiger partial charge on any atom is -0.484 e. The molecule has 0 saturated heterocycles. The van der Waals surface area contributed by atoms with E-state index in [2.05, 4.69) is 0 Å². The highest BCUT2D eigenvalue weighted by atomic mass is 16.5. The van der Waals surface area contributed by atoms with Gasteiger partial charge >= 0.3 is 11.6 Å². The molecular formula is C13H12N2O6. The maximum atomic E-state index is 11.4. The maximum absolute atomic E-state index is 11.4. The van der Waals surface area contributed by atoms with Gasteiger partial charge in [-0.25, -0.2) is 10.6 Å². The molecule has 4 N–H and O–H groups in total. The zero-order valence-electron chi connectivity index (χ0n) is 10.8. The standard InChI is InChI=1S/C13H12N2O6/c14-15-11(16)6-20-8-1-2-9-7(3-12(17)18)4-13(19)21-10(9)5-8/h1-2,4-5H,3,6,14H2,(H,15,16)(H,17,18). The lowest BCUT2D eigenvalue weighted by atomic mass is 10.1. The summed E-state index contributed by atoms with van der Waals surface area (Å²) in [5.41, 5.74) is 1.78. The van der Waals surface area contributed by atoms with Gasteiger partial charge in [-0.1, -0.05) is 0 Å². The molecule has 2 aromatic rings. The summed E-state index contributed by atoms with van der Waals surface area (Å²) >= 11 is 0. The van der Waals surface area contributed by atoms with Gasteiger partial charge in [-0.05, 0) is 17.7 Å². The van der Waals surface area contributed by atoms with Crippen molar-refractivity contribution in [2.75, 3.05) is 6.61 Å². The van der Waals surface area contributed by atoms with Crippen LogP contribution in [0.3, 0.4) is 0 Å². The van der Waals surface area contributed by atoms with Crippen LogP contribution in [0.1, 0.15) is 5.56 Å². The van der Waals surface area contributed by atoms with Crippen molar-refractivity contribution in [2.24, 2.45) is 5.84 Å². The first kappa shape index (κ1) is 14.5. The summed E-state index contributed by atoms with van der Waals surface area (Å²) in [5.74, 6) is 3.64. The highest BCUT2D eigenvalue weighted by Gasteiger charge is 2.10. The van der Waals surface area contributed by atoms with Crippen LogP contribution in [0.4, 0.5) is 0 Å². The van der Waals surface area contributed by atoms with Crippen molar-refractivity contribution in [2.45, 2.75) is 6.42 Å². The number of nitrogens with two attached hydrogens (primary N) is 1. The molecule has 2 rings (SSSR count). The van der Waals surface area contributed by atoms with Crippen molar-refractivity contribution in [1.29, 1.82) is 0 Å². The number of benzene rings is 1. The largest absolute Gasteiger partial charge is 0.484 e. The third-order valence-corrected chi connectivity index (χ3v) is 2.67. The van der Waals surface area contributed by atoms with Crippen LogP contribution < -0.4 is 21.6 Å². The normalized spacial score (nSPS) is 10.3. The molecule has 0 unspecified atom stereocenters. The number of carboxylic acids is 1. The zero-order valence-corrected chi connectivity index (χ0v) is 10.8. The Labute approximate surface area is 118 Å². The van der Waals surface area contributed by atoms with Crippen LogP contribution in [0.2, 0.25) is 0 Å². The molecule has 0 aliphatic heterocycles. The predicted octanol–water partition coefficient (Wildman–Crippen LogP) is -0.211. The molecule has 8 nitrogen and oxygen atoms in total. The Kier molecular flexibility index (Phi) is 4.19. The molecule has 0 saturated carbocycles. The molecule has 0 bridgehead atoms. The van der Waals surface area contributed by atoms with Crippen molar-refractivity contribution < 1.29 is 23.8 Å². The lowest BCUT2D eigenvalue weighted by Crippen LogP contribution is -2.34. The summed E-state index contributed by atoms with van der Waals surface area (Å²) in [6.45, 7) is -0.291. The fourth-order valence-electron chi connectivity index (χ4n) is 1.80. The Morgan fingerprint density at radius 2 is 2.10 bits per heavy atom. The van der Waals surface area contributed by atoms with Crippen LogP contribution in [0, 0.1) is 0 Å². The molecule has 110 valence electrons. The number of hydrogen-bond donors (Lipinski definition) is 3. The molecule has 0 aliphatic carbocycles. The number of amides is 1. The fraction of sp³-hybridized carbons (Fsp3) is 0.154. The molecule has 21 heavy (non-hydrogen) atoms. The van der Waals surface area contributed by atoms with Crippen LogP contribution in [-0.2, 0) is 16.0 Å². The number of ether oxygens (including phenoxy) is 1. The number of hydrogen-bond acceptors (Lipinski definition) is 6. The number of aliphatic carboxylic acids is 1. The third kappa shape index (κ3) is 3.57. The first-order valence-electron chi connectivity index (χ1n) is 5.90. The van der Waals surface area contributed by atoms with E-state index in [0.717, 1.165) is 6.07 Å². The minimum atomic E-state index is -1.05. The van der Waals surface area contributed by atoms with Gasteiger partial charge in [0.1, 0.15) is 11.3 Å². The summed E-state index contributed by atoms with van der Waals surface area (Å²) in [6.07, 6.45) is -0.294. The van der Waals surface area contributed by atoms with E-state index in [4.69, 9.17) is 20.1 Å². The Hall–Kier alpha value is -2.87. The van der Waals surface area contributed by atoms with Crippen LogP contribution in [0.25, 0.3) is 11.0 Å². The highest BCUT2D eigenvalue weighted by molar-refractivity contribution is 5.85. The molecule has 1 heterocycles. The number of carboxylic acid groups (broad SMARTS) is 1. The van der Waals surface area contributed by atoms with Crippen LogP contribution in [-0.4, -0.2) is 23.6 Å². The van der Waals surface area contributed by atoms with Gasteiger partial charge < -0.3 is 14.3 Å². The smallest absolute Gasteiger partial charge is 0.336 e.